The molecule has 27 heavy (non-hydrogen) atoms. The summed E-state index contributed by atoms with van der Waals surface area (Å²) in [6.45, 7) is 3.94. The van der Waals surface area contributed by atoms with Crippen molar-refractivity contribution >= 4 is 35.0 Å². The zero-order valence-electron chi connectivity index (χ0n) is 15.2. The topological polar surface area (TPSA) is 58.6 Å². The smallest absolute Gasteiger partial charge is 0.261 e. The lowest BCUT2D eigenvalue weighted by Crippen LogP contribution is -2.49. The highest BCUT2D eigenvalue weighted by Gasteiger charge is 2.26. The highest BCUT2D eigenvalue weighted by molar-refractivity contribution is 6.32. The summed E-state index contributed by atoms with van der Waals surface area (Å²) in [5.74, 6) is -0.167. The quantitative estimate of drug-likeness (QED) is 0.719. The summed E-state index contributed by atoms with van der Waals surface area (Å²) in [5, 5.41) is 3.69. The van der Waals surface area contributed by atoms with Gasteiger partial charge in [0.25, 0.3) is 5.91 Å². The van der Waals surface area contributed by atoms with Gasteiger partial charge in [-0.1, -0.05) is 53.5 Å². The monoisotopic (exact) mass is 408 g/mol. The van der Waals surface area contributed by atoms with Crippen LogP contribution in [0.3, 0.4) is 0 Å². The first-order valence-electron chi connectivity index (χ1n) is 8.62. The van der Waals surface area contributed by atoms with Crippen LogP contribution in [0.2, 0.25) is 10.0 Å². The molecule has 2 aromatic carbocycles. The Morgan fingerprint density at radius 3 is 2.33 bits per heavy atom. The third-order valence-electron chi connectivity index (χ3n) is 4.00. The van der Waals surface area contributed by atoms with Crippen LogP contribution in [0.4, 0.5) is 0 Å². The zero-order valence-corrected chi connectivity index (χ0v) is 16.8. The Morgan fingerprint density at radius 1 is 1.07 bits per heavy atom. The number of para-hydroxylation sites is 1. The first-order valence-corrected chi connectivity index (χ1v) is 9.37. The van der Waals surface area contributed by atoms with Gasteiger partial charge in [0.1, 0.15) is 11.8 Å². The zero-order chi connectivity index (χ0) is 19.8. The van der Waals surface area contributed by atoms with Crippen LogP contribution < -0.4 is 10.1 Å². The Morgan fingerprint density at radius 2 is 1.70 bits per heavy atom. The summed E-state index contributed by atoms with van der Waals surface area (Å²) in [6.07, 6.45) is 0. The summed E-state index contributed by atoms with van der Waals surface area (Å²) < 4.78 is 5.55. The molecule has 0 saturated heterocycles. The second-order valence-electron chi connectivity index (χ2n) is 5.90. The molecular weight excluding hydrogens is 387 g/mol. The lowest BCUT2D eigenvalue weighted by Gasteiger charge is -2.29. The van der Waals surface area contributed by atoms with E-state index in [1.807, 2.05) is 25.1 Å². The minimum Gasteiger partial charge on any atom is -0.482 e. The fourth-order valence-electron chi connectivity index (χ4n) is 2.50. The largest absolute Gasteiger partial charge is 0.482 e. The number of carbonyl (C=O) groups is 2. The van der Waals surface area contributed by atoms with E-state index in [1.165, 1.54) is 4.90 Å². The minimum atomic E-state index is -0.677. The number of nitrogens with zero attached hydrogens (tertiary/aromatic N) is 1. The Labute approximate surface area is 169 Å². The first kappa shape index (κ1) is 21.1. The molecule has 2 rings (SSSR count). The predicted octanol–water partition coefficient (Wildman–Crippen LogP) is 3.93. The Hall–Kier alpha value is -2.24. The van der Waals surface area contributed by atoms with Crippen LogP contribution >= 0.6 is 23.2 Å². The molecule has 2 amide bonds. The number of likely N-dealkylation sites (N-methyl/N-ethyl adjacent to an activating group) is 1. The molecule has 0 heterocycles. The molecule has 0 aliphatic rings. The molecule has 0 saturated carbocycles. The number of benzene rings is 2. The van der Waals surface area contributed by atoms with Gasteiger partial charge in [0, 0.05) is 18.1 Å². The van der Waals surface area contributed by atoms with Gasteiger partial charge in [-0.25, -0.2) is 0 Å². The SMILES string of the molecule is CCNC(=O)C(C)N(Cc1ccccc1Cl)C(=O)COc1ccccc1Cl. The van der Waals surface area contributed by atoms with Crippen molar-refractivity contribution in [3.63, 3.8) is 0 Å². The summed E-state index contributed by atoms with van der Waals surface area (Å²) >= 11 is 12.3. The van der Waals surface area contributed by atoms with Crippen LogP contribution in [0.15, 0.2) is 48.5 Å². The van der Waals surface area contributed by atoms with Crippen LogP contribution in [0, 0.1) is 0 Å². The van der Waals surface area contributed by atoms with Crippen molar-refractivity contribution in [3.05, 3.63) is 64.1 Å². The number of ether oxygens (including phenoxy) is 1. The van der Waals surface area contributed by atoms with E-state index in [9.17, 15) is 9.59 Å². The van der Waals surface area contributed by atoms with Gasteiger partial charge in [0.2, 0.25) is 5.91 Å². The number of nitrogens with one attached hydrogen (secondary N) is 1. The average Bonchev–Trinajstić information content (AvgIpc) is 2.66. The number of amides is 2. The highest BCUT2D eigenvalue weighted by Crippen LogP contribution is 2.23. The van der Waals surface area contributed by atoms with Crippen molar-refractivity contribution in [2.24, 2.45) is 0 Å². The molecule has 7 heteroatoms. The molecular formula is C20H22Cl2N2O3. The summed E-state index contributed by atoms with van der Waals surface area (Å²) in [7, 11) is 0. The van der Waals surface area contributed by atoms with Crippen LogP contribution in [-0.2, 0) is 16.1 Å². The molecule has 5 nitrogen and oxygen atoms in total. The Bertz CT molecular complexity index is 798. The molecule has 0 radical (unpaired) electrons. The minimum absolute atomic E-state index is 0.197. The molecule has 1 N–H and O–H groups in total. The maximum absolute atomic E-state index is 12.8. The van der Waals surface area contributed by atoms with Crippen molar-refractivity contribution in [3.8, 4) is 5.75 Å². The van der Waals surface area contributed by atoms with Crippen LogP contribution in [-0.4, -0.2) is 35.9 Å². The maximum Gasteiger partial charge on any atom is 0.261 e. The van der Waals surface area contributed by atoms with Gasteiger partial charge in [-0.2, -0.15) is 0 Å². The van der Waals surface area contributed by atoms with Crippen LogP contribution in [0.1, 0.15) is 19.4 Å². The predicted molar refractivity (Wildman–Crippen MR) is 107 cm³/mol. The summed E-state index contributed by atoms with van der Waals surface area (Å²) in [6, 6.07) is 13.4. The van der Waals surface area contributed by atoms with Gasteiger partial charge in [0.05, 0.1) is 5.02 Å². The van der Waals surface area contributed by atoms with E-state index in [0.29, 0.717) is 22.3 Å². The molecule has 0 spiro atoms. The Balaban J connectivity index is 2.17. The van der Waals surface area contributed by atoms with Crippen molar-refractivity contribution < 1.29 is 14.3 Å². The molecule has 144 valence electrons. The standard InChI is InChI=1S/C20H22Cl2N2O3/c1-3-23-20(26)14(2)24(12-15-8-4-5-9-16(15)21)19(25)13-27-18-11-7-6-10-17(18)22/h4-11,14H,3,12-13H2,1-2H3,(H,23,26). The van der Waals surface area contributed by atoms with E-state index in [4.69, 9.17) is 27.9 Å². The summed E-state index contributed by atoms with van der Waals surface area (Å²) in [4.78, 5) is 26.6. The number of rotatable bonds is 8. The van der Waals surface area contributed by atoms with Crippen molar-refractivity contribution in [2.45, 2.75) is 26.4 Å². The molecule has 0 aliphatic heterocycles. The normalized spacial score (nSPS) is 11.6. The van der Waals surface area contributed by atoms with Crippen LogP contribution in [0.5, 0.6) is 5.75 Å². The third-order valence-corrected chi connectivity index (χ3v) is 4.69. The van der Waals surface area contributed by atoms with Gasteiger partial charge < -0.3 is 15.0 Å². The van der Waals surface area contributed by atoms with Gasteiger partial charge in [-0.05, 0) is 37.6 Å². The molecule has 0 bridgehead atoms. The van der Waals surface area contributed by atoms with Crippen molar-refractivity contribution in [1.82, 2.24) is 10.2 Å². The molecule has 1 atom stereocenters. The van der Waals surface area contributed by atoms with Crippen LogP contribution in [0.25, 0.3) is 0 Å². The lowest BCUT2D eigenvalue weighted by molar-refractivity contribution is -0.142. The van der Waals surface area contributed by atoms with E-state index < -0.39 is 6.04 Å². The fourth-order valence-corrected chi connectivity index (χ4v) is 2.88. The summed E-state index contributed by atoms with van der Waals surface area (Å²) in [5.41, 5.74) is 0.751. The van der Waals surface area contributed by atoms with E-state index in [-0.39, 0.29) is 25.0 Å². The van der Waals surface area contributed by atoms with Crippen molar-refractivity contribution in [2.75, 3.05) is 13.2 Å². The number of halogens is 2. The fraction of sp³-hybridized carbons (Fsp3) is 0.300. The van der Waals surface area contributed by atoms with Gasteiger partial charge >= 0.3 is 0 Å². The van der Waals surface area contributed by atoms with E-state index in [1.54, 1.807) is 37.3 Å². The molecule has 0 fully saturated rings. The van der Waals surface area contributed by atoms with Crippen molar-refractivity contribution in [1.29, 1.82) is 0 Å². The average molecular weight is 409 g/mol. The first-order chi connectivity index (χ1) is 12.9. The van der Waals surface area contributed by atoms with E-state index in [2.05, 4.69) is 5.32 Å². The molecule has 0 aromatic heterocycles. The second kappa shape index (κ2) is 10.2. The lowest BCUT2D eigenvalue weighted by atomic mass is 10.1. The number of carbonyl (C=O) groups excluding carboxylic acids is 2. The molecule has 1 unspecified atom stereocenters. The third kappa shape index (κ3) is 5.88. The molecule has 2 aromatic rings. The Kier molecular flexibility index (Phi) is 7.95. The second-order valence-corrected chi connectivity index (χ2v) is 6.72. The van der Waals surface area contributed by atoms with E-state index in [0.717, 1.165) is 5.56 Å². The van der Waals surface area contributed by atoms with E-state index >= 15 is 0 Å². The number of hydrogen-bond donors (Lipinski definition) is 1. The molecule has 0 aliphatic carbocycles. The van der Waals surface area contributed by atoms with Gasteiger partial charge in [0.15, 0.2) is 6.61 Å². The van der Waals surface area contributed by atoms with Gasteiger partial charge in [-0.3, -0.25) is 9.59 Å². The highest BCUT2D eigenvalue weighted by atomic mass is 35.5. The van der Waals surface area contributed by atoms with Gasteiger partial charge in [-0.15, -0.1) is 0 Å². The maximum atomic E-state index is 12.8. The number of hydrogen-bond acceptors (Lipinski definition) is 3.